The minimum atomic E-state index is -0.554. The van der Waals surface area contributed by atoms with E-state index >= 15 is 0 Å². The molecule has 0 radical (unpaired) electrons. The molecular weight excluding hydrogens is 334 g/mol. The molecule has 1 heterocycles. The summed E-state index contributed by atoms with van der Waals surface area (Å²) in [6, 6.07) is 7.08. The van der Waals surface area contributed by atoms with E-state index < -0.39 is 5.97 Å². The van der Waals surface area contributed by atoms with Crippen LogP contribution < -0.4 is 10.9 Å². The standard InChI is InChI=1S/C19H23N3O4/c1-12-6-2-5-9-15(12)20-17(23)11-26-18(24)10-16-13-7-3-4-8-14(13)19(25)22-21-16/h3-4,7-8,12,15H,2,5-6,9-11H2,1H3,(H,20,23)(H,22,25)/t12-,15+/m0/s1. The molecule has 26 heavy (non-hydrogen) atoms. The smallest absolute Gasteiger partial charge is 0.312 e. The molecule has 2 aromatic rings. The van der Waals surface area contributed by atoms with Gasteiger partial charge in [0.25, 0.3) is 11.5 Å². The van der Waals surface area contributed by atoms with E-state index in [1.807, 2.05) is 0 Å². The Morgan fingerprint density at radius 3 is 2.73 bits per heavy atom. The van der Waals surface area contributed by atoms with Crippen LogP contribution in [0.25, 0.3) is 10.8 Å². The van der Waals surface area contributed by atoms with Crippen LogP contribution in [0.1, 0.15) is 38.3 Å². The maximum absolute atomic E-state index is 12.1. The lowest BCUT2D eigenvalue weighted by atomic mass is 9.86. The molecular formula is C19H23N3O4. The molecule has 3 rings (SSSR count). The summed E-state index contributed by atoms with van der Waals surface area (Å²) in [5.74, 6) is -0.391. The van der Waals surface area contributed by atoms with Crippen molar-refractivity contribution in [1.29, 1.82) is 0 Å². The first-order valence-electron chi connectivity index (χ1n) is 8.96. The molecule has 1 fully saturated rings. The van der Waals surface area contributed by atoms with E-state index in [-0.39, 0.29) is 30.5 Å². The number of fused-ring (bicyclic) bond motifs is 1. The van der Waals surface area contributed by atoms with Gasteiger partial charge in [0.1, 0.15) is 0 Å². The number of amides is 1. The first-order chi connectivity index (χ1) is 12.5. The summed E-state index contributed by atoms with van der Waals surface area (Å²) in [7, 11) is 0. The summed E-state index contributed by atoms with van der Waals surface area (Å²) in [6.45, 7) is 1.83. The molecule has 0 unspecified atom stereocenters. The lowest BCUT2D eigenvalue weighted by Crippen LogP contribution is -2.43. The molecule has 7 heteroatoms. The largest absolute Gasteiger partial charge is 0.455 e. The van der Waals surface area contributed by atoms with E-state index in [9.17, 15) is 14.4 Å². The van der Waals surface area contributed by atoms with Crippen LogP contribution in [0, 0.1) is 5.92 Å². The number of rotatable bonds is 5. The number of hydrogen-bond acceptors (Lipinski definition) is 5. The first-order valence-corrected chi connectivity index (χ1v) is 8.96. The van der Waals surface area contributed by atoms with Gasteiger partial charge in [-0.2, -0.15) is 5.10 Å². The van der Waals surface area contributed by atoms with Crippen molar-refractivity contribution in [2.24, 2.45) is 5.92 Å². The van der Waals surface area contributed by atoms with E-state index in [2.05, 4.69) is 22.4 Å². The van der Waals surface area contributed by atoms with Crippen molar-refractivity contribution in [3.8, 4) is 0 Å². The molecule has 1 aromatic heterocycles. The van der Waals surface area contributed by atoms with E-state index in [4.69, 9.17) is 4.74 Å². The maximum Gasteiger partial charge on any atom is 0.312 e. The average Bonchev–Trinajstić information content (AvgIpc) is 2.64. The normalized spacial score (nSPS) is 19.9. The van der Waals surface area contributed by atoms with Crippen LogP contribution in [-0.4, -0.2) is 34.7 Å². The summed E-state index contributed by atoms with van der Waals surface area (Å²) < 4.78 is 5.08. The fourth-order valence-electron chi connectivity index (χ4n) is 3.42. The Morgan fingerprint density at radius 2 is 1.96 bits per heavy atom. The van der Waals surface area contributed by atoms with Crippen molar-refractivity contribution in [1.82, 2.24) is 15.5 Å². The molecule has 2 N–H and O–H groups in total. The molecule has 0 bridgehead atoms. The van der Waals surface area contributed by atoms with Gasteiger partial charge < -0.3 is 10.1 Å². The third-order valence-electron chi connectivity index (χ3n) is 4.91. The van der Waals surface area contributed by atoms with Crippen molar-refractivity contribution in [2.45, 2.75) is 45.1 Å². The summed E-state index contributed by atoms with van der Waals surface area (Å²) in [4.78, 5) is 35.8. The number of benzene rings is 1. The summed E-state index contributed by atoms with van der Waals surface area (Å²) in [5.41, 5.74) is 0.116. The lowest BCUT2D eigenvalue weighted by Gasteiger charge is -2.29. The number of aromatic amines is 1. The third kappa shape index (κ3) is 4.28. The van der Waals surface area contributed by atoms with Gasteiger partial charge in [0.2, 0.25) is 0 Å². The minimum absolute atomic E-state index is 0.107. The molecule has 0 saturated heterocycles. The average molecular weight is 357 g/mol. The Kier molecular flexibility index (Phi) is 5.65. The van der Waals surface area contributed by atoms with E-state index in [1.54, 1.807) is 24.3 Å². The fraction of sp³-hybridized carbons (Fsp3) is 0.474. The van der Waals surface area contributed by atoms with Gasteiger partial charge in [-0.1, -0.05) is 38.0 Å². The van der Waals surface area contributed by atoms with Crippen LogP contribution in [0.4, 0.5) is 0 Å². The monoisotopic (exact) mass is 357 g/mol. The maximum atomic E-state index is 12.1. The van der Waals surface area contributed by atoms with Crippen LogP contribution in [0.3, 0.4) is 0 Å². The second-order valence-corrected chi connectivity index (χ2v) is 6.82. The zero-order chi connectivity index (χ0) is 18.5. The predicted molar refractivity (Wildman–Crippen MR) is 96.6 cm³/mol. The van der Waals surface area contributed by atoms with Crippen molar-refractivity contribution < 1.29 is 14.3 Å². The highest BCUT2D eigenvalue weighted by Gasteiger charge is 2.23. The Labute approximate surface area is 151 Å². The first kappa shape index (κ1) is 18.1. The fourth-order valence-corrected chi connectivity index (χ4v) is 3.42. The van der Waals surface area contributed by atoms with E-state index in [0.717, 1.165) is 19.3 Å². The van der Waals surface area contributed by atoms with Gasteiger partial charge in [0, 0.05) is 11.4 Å². The number of carbonyl (C=O) groups is 2. The third-order valence-corrected chi connectivity index (χ3v) is 4.91. The van der Waals surface area contributed by atoms with Crippen LogP contribution >= 0.6 is 0 Å². The van der Waals surface area contributed by atoms with Crippen LogP contribution in [-0.2, 0) is 20.7 Å². The van der Waals surface area contributed by atoms with Gasteiger partial charge in [0.15, 0.2) is 6.61 Å². The molecule has 2 atom stereocenters. The molecule has 138 valence electrons. The van der Waals surface area contributed by atoms with E-state index in [0.29, 0.717) is 22.4 Å². The van der Waals surface area contributed by atoms with Gasteiger partial charge in [-0.3, -0.25) is 14.4 Å². The molecule has 1 saturated carbocycles. The van der Waals surface area contributed by atoms with Crippen LogP contribution in [0.15, 0.2) is 29.1 Å². The zero-order valence-electron chi connectivity index (χ0n) is 14.8. The Hall–Kier alpha value is -2.70. The lowest BCUT2D eigenvalue weighted by molar-refractivity contribution is -0.148. The predicted octanol–water partition coefficient (Wildman–Crippen LogP) is 1.70. The quantitative estimate of drug-likeness (QED) is 0.793. The van der Waals surface area contributed by atoms with Gasteiger partial charge in [0.05, 0.1) is 17.5 Å². The molecule has 1 aromatic carbocycles. The number of aromatic nitrogens is 2. The van der Waals surface area contributed by atoms with Gasteiger partial charge in [-0.05, 0) is 24.8 Å². The van der Waals surface area contributed by atoms with Gasteiger partial charge in [-0.15, -0.1) is 0 Å². The highest BCUT2D eigenvalue weighted by molar-refractivity contribution is 5.87. The second kappa shape index (κ2) is 8.12. The van der Waals surface area contributed by atoms with Crippen molar-refractivity contribution in [2.75, 3.05) is 6.61 Å². The van der Waals surface area contributed by atoms with E-state index in [1.165, 1.54) is 6.42 Å². The van der Waals surface area contributed by atoms with Crippen molar-refractivity contribution >= 4 is 22.6 Å². The Bertz CT molecular complexity index is 861. The summed E-state index contributed by atoms with van der Waals surface area (Å²) >= 11 is 0. The molecule has 0 spiro atoms. The number of esters is 1. The summed E-state index contributed by atoms with van der Waals surface area (Å²) in [5, 5.41) is 10.3. The molecule has 1 amide bonds. The molecule has 1 aliphatic carbocycles. The topological polar surface area (TPSA) is 101 Å². The highest BCUT2D eigenvalue weighted by Crippen LogP contribution is 2.23. The number of nitrogens with one attached hydrogen (secondary N) is 2. The van der Waals surface area contributed by atoms with Gasteiger partial charge in [-0.25, -0.2) is 5.10 Å². The van der Waals surface area contributed by atoms with Crippen molar-refractivity contribution in [3.63, 3.8) is 0 Å². The number of H-pyrrole nitrogens is 1. The number of ether oxygens (including phenoxy) is 1. The number of carbonyl (C=O) groups excluding carboxylic acids is 2. The second-order valence-electron chi connectivity index (χ2n) is 6.82. The highest BCUT2D eigenvalue weighted by atomic mass is 16.5. The number of nitrogens with zero attached hydrogens (tertiary/aromatic N) is 1. The Morgan fingerprint density at radius 1 is 1.23 bits per heavy atom. The van der Waals surface area contributed by atoms with Crippen LogP contribution in [0.2, 0.25) is 0 Å². The van der Waals surface area contributed by atoms with Crippen molar-refractivity contribution in [3.05, 3.63) is 40.3 Å². The minimum Gasteiger partial charge on any atom is -0.455 e. The zero-order valence-corrected chi connectivity index (χ0v) is 14.8. The molecule has 0 aliphatic heterocycles. The molecule has 1 aliphatic rings. The number of hydrogen-bond donors (Lipinski definition) is 2. The molecule has 7 nitrogen and oxygen atoms in total. The van der Waals surface area contributed by atoms with Gasteiger partial charge >= 0.3 is 5.97 Å². The Balaban J connectivity index is 1.55. The SMILES string of the molecule is C[C@H]1CCCC[C@H]1NC(=O)COC(=O)Cc1n[nH]c(=O)c2ccccc12. The summed E-state index contributed by atoms with van der Waals surface area (Å²) in [6.07, 6.45) is 4.27. The van der Waals surface area contributed by atoms with Crippen LogP contribution in [0.5, 0.6) is 0 Å².